The molecule has 18 heavy (non-hydrogen) atoms. The molecule has 2 rings (SSSR count). The molecular weight excluding hydrogens is 294 g/mol. The third-order valence-electron chi connectivity index (χ3n) is 3.73. The van der Waals surface area contributed by atoms with Crippen molar-refractivity contribution in [1.29, 1.82) is 0 Å². The molecule has 0 unspecified atom stereocenters. The van der Waals surface area contributed by atoms with Crippen LogP contribution < -0.4 is 15.2 Å². The molecule has 0 bridgehead atoms. The summed E-state index contributed by atoms with van der Waals surface area (Å²) < 4.78 is 11.7. The molecule has 0 aromatic heterocycles. The second-order valence-electron chi connectivity index (χ2n) is 4.90. The van der Waals surface area contributed by atoms with Crippen molar-refractivity contribution in [2.75, 3.05) is 14.2 Å². The summed E-state index contributed by atoms with van der Waals surface area (Å²) in [6, 6.07) is 3.87. The molecule has 0 aliphatic heterocycles. The van der Waals surface area contributed by atoms with Crippen molar-refractivity contribution < 1.29 is 9.47 Å². The lowest BCUT2D eigenvalue weighted by molar-refractivity contribution is 0.286. The highest BCUT2D eigenvalue weighted by Gasteiger charge is 2.34. The number of ether oxygens (including phenoxy) is 2. The van der Waals surface area contributed by atoms with E-state index in [4.69, 9.17) is 15.2 Å². The maximum absolute atomic E-state index is 6.60. The molecule has 1 aliphatic rings. The average Bonchev–Trinajstić information content (AvgIpc) is 2.38. The zero-order chi connectivity index (χ0) is 13.2. The first-order valence-electron chi connectivity index (χ1n) is 6.31. The van der Waals surface area contributed by atoms with Gasteiger partial charge < -0.3 is 15.2 Å². The van der Waals surface area contributed by atoms with Gasteiger partial charge in [-0.2, -0.15) is 0 Å². The van der Waals surface area contributed by atoms with Crippen LogP contribution in [0.15, 0.2) is 16.6 Å². The van der Waals surface area contributed by atoms with Crippen LogP contribution in [0.2, 0.25) is 0 Å². The molecule has 1 fully saturated rings. The Labute approximate surface area is 117 Å². The predicted octanol–water partition coefficient (Wildman–Crippen LogP) is 3.58. The van der Waals surface area contributed by atoms with E-state index in [9.17, 15) is 0 Å². The van der Waals surface area contributed by atoms with Gasteiger partial charge in [0.05, 0.1) is 14.2 Å². The first-order valence-corrected chi connectivity index (χ1v) is 7.11. The van der Waals surface area contributed by atoms with E-state index in [2.05, 4.69) is 15.9 Å². The van der Waals surface area contributed by atoms with E-state index in [1.807, 2.05) is 12.1 Å². The Morgan fingerprint density at radius 2 is 1.78 bits per heavy atom. The fourth-order valence-corrected chi connectivity index (χ4v) is 3.57. The molecule has 0 amide bonds. The van der Waals surface area contributed by atoms with E-state index >= 15 is 0 Å². The van der Waals surface area contributed by atoms with Crippen LogP contribution in [-0.4, -0.2) is 14.2 Å². The van der Waals surface area contributed by atoms with Crippen LogP contribution >= 0.6 is 15.9 Å². The lowest BCUT2D eigenvalue weighted by Gasteiger charge is -2.35. The first-order chi connectivity index (χ1) is 8.60. The Kier molecular flexibility index (Phi) is 4.17. The van der Waals surface area contributed by atoms with Gasteiger partial charge in [0.2, 0.25) is 0 Å². The van der Waals surface area contributed by atoms with E-state index in [0.29, 0.717) is 0 Å². The molecule has 0 heterocycles. The lowest BCUT2D eigenvalue weighted by Crippen LogP contribution is -2.39. The summed E-state index contributed by atoms with van der Waals surface area (Å²) in [5.41, 5.74) is 7.39. The minimum atomic E-state index is -0.283. The highest BCUT2D eigenvalue weighted by molar-refractivity contribution is 9.10. The summed E-state index contributed by atoms with van der Waals surface area (Å²) in [5.74, 6) is 1.59. The molecule has 1 saturated carbocycles. The highest BCUT2D eigenvalue weighted by Crippen LogP contribution is 2.44. The summed E-state index contributed by atoms with van der Waals surface area (Å²) in [4.78, 5) is 0. The molecule has 0 radical (unpaired) electrons. The van der Waals surface area contributed by atoms with Crippen molar-refractivity contribution in [3.63, 3.8) is 0 Å². The number of nitrogens with two attached hydrogens (primary N) is 1. The summed E-state index contributed by atoms with van der Waals surface area (Å²) in [5, 5.41) is 0. The molecule has 0 spiro atoms. The maximum Gasteiger partial charge on any atom is 0.128 e. The SMILES string of the molecule is COc1cc(Br)c(C2(N)CCCCC2)c(OC)c1. The number of methoxy groups -OCH3 is 2. The number of rotatable bonds is 3. The van der Waals surface area contributed by atoms with E-state index in [1.165, 1.54) is 19.3 Å². The molecule has 1 aromatic carbocycles. The van der Waals surface area contributed by atoms with E-state index < -0.39 is 0 Å². The zero-order valence-electron chi connectivity index (χ0n) is 11.0. The summed E-state index contributed by atoms with van der Waals surface area (Å²) in [7, 11) is 3.33. The highest BCUT2D eigenvalue weighted by atomic mass is 79.9. The summed E-state index contributed by atoms with van der Waals surface area (Å²) in [6.45, 7) is 0. The van der Waals surface area contributed by atoms with Gasteiger partial charge in [-0.1, -0.05) is 35.2 Å². The van der Waals surface area contributed by atoms with Gasteiger partial charge >= 0.3 is 0 Å². The molecular formula is C14H20BrNO2. The van der Waals surface area contributed by atoms with Gasteiger partial charge in [0, 0.05) is 21.6 Å². The smallest absolute Gasteiger partial charge is 0.128 e. The molecule has 0 atom stereocenters. The molecule has 1 aromatic rings. The van der Waals surface area contributed by atoms with Crippen LogP contribution in [0.5, 0.6) is 11.5 Å². The van der Waals surface area contributed by atoms with Crippen LogP contribution in [-0.2, 0) is 5.54 Å². The fourth-order valence-electron chi connectivity index (χ4n) is 2.75. The minimum absolute atomic E-state index is 0.283. The number of hydrogen-bond donors (Lipinski definition) is 1. The van der Waals surface area contributed by atoms with Crippen molar-refractivity contribution >= 4 is 15.9 Å². The first kappa shape index (κ1) is 13.7. The van der Waals surface area contributed by atoms with Crippen molar-refractivity contribution in [2.45, 2.75) is 37.6 Å². The molecule has 1 aliphatic carbocycles. The normalized spacial score (nSPS) is 18.4. The minimum Gasteiger partial charge on any atom is -0.497 e. The third-order valence-corrected chi connectivity index (χ3v) is 4.35. The molecule has 3 nitrogen and oxygen atoms in total. The van der Waals surface area contributed by atoms with Crippen LogP contribution in [0.4, 0.5) is 0 Å². The Bertz CT molecular complexity index is 428. The molecule has 0 saturated heterocycles. The van der Waals surface area contributed by atoms with Gasteiger partial charge in [0.15, 0.2) is 0 Å². The summed E-state index contributed by atoms with van der Waals surface area (Å²) >= 11 is 3.61. The van der Waals surface area contributed by atoms with E-state index in [0.717, 1.165) is 34.4 Å². The van der Waals surface area contributed by atoms with E-state index in [1.54, 1.807) is 14.2 Å². The van der Waals surface area contributed by atoms with Gasteiger partial charge in [0.1, 0.15) is 11.5 Å². The Morgan fingerprint density at radius 3 is 2.33 bits per heavy atom. The standard InChI is InChI=1S/C14H20BrNO2/c1-17-10-8-11(15)13(12(9-10)18-2)14(16)6-4-3-5-7-14/h8-9H,3-7,16H2,1-2H3. The molecule has 100 valence electrons. The van der Waals surface area contributed by atoms with Crippen molar-refractivity contribution in [3.8, 4) is 11.5 Å². The third kappa shape index (κ3) is 2.50. The second-order valence-corrected chi connectivity index (χ2v) is 5.76. The fraction of sp³-hybridized carbons (Fsp3) is 0.571. The Balaban J connectivity index is 2.48. The van der Waals surface area contributed by atoms with Crippen LogP contribution in [0.1, 0.15) is 37.7 Å². The Hall–Kier alpha value is -0.740. The Morgan fingerprint density at radius 1 is 1.11 bits per heavy atom. The molecule has 2 N–H and O–H groups in total. The van der Waals surface area contributed by atoms with Crippen LogP contribution in [0.25, 0.3) is 0 Å². The van der Waals surface area contributed by atoms with Gasteiger partial charge in [0.25, 0.3) is 0 Å². The zero-order valence-corrected chi connectivity index (χ0v) is 12.5. The van der Waals surface area contributed by atoms with Gasteiger partial charge in [-0.3, -0.25) is 0 Å². The monoisotopic (exact) mass is 313 g/mol. The number of benzene rings is 1. The van der Waals surface area contributed by atoms with Crippen molar-refractivity contribution in [3.05, 3.63) is 22.2 Å². The quantitative estimate of drug-likeness (QED) is 0.927. The average molecular weight is 314 g/mol. The second kappa shape index (κ2) is 5.49. The van der Waals surface area contributed by atoms with Crippen molar-refractivity contribution in [2.24, 2.45) is 5.73 Å². The lowest BCUT2D eigenvalue weighted by atomic mass is 9.77. The van der Waals surface area contributed by atoms with Crippen LogP contribution in [0.3, 0.4) is 0 Å². The van der Waals surface area contributed by atoms with Crippen LogP contribution in [0, 0.1) is 0 Å². The summed E-state index contributed by atoms with van der Waals surface area (Å²) in [6.07, 6.45) is 5.65. The largest absolute Gasteiger partial charge is 0.497 e. The topological polar surface area (TPSA) is 44.5 Å². The number of halogens is 1. The number of hydrogen-bond acceptors (Lipinski definition) is 3. The maximum atomic E-state index is 6.60. The van der Waals surface area contributed by atoms with Crippen molar-refractivity contribution in [1.82, 2.24) is 0 Å². The molecule has 4 heteroatoms. The predicted molar refractivity (Wildman–Crippen MR) is 76.2 cm³/mol. The van der Waals surface area contributed by atoms with Gasteiger partial charge in [-0.25, -0.2) is 0 Å². The van der Waals surface area contributed by atoms with Gasteiger partial charge in [-0.15, -0.1) is 0 Å². The van der Waals surface area contributed by atoms with Gasteiger partial charge in [-0.05, 0) is 18.9 Å². The van der Waals surface area contributed by atoms with E-state index in [-0.39, 0.29) is 5.54 Å².